The molecule has 0 unspecified atom stereocenters. The van der Waals surface area contributed by atoms with Crippen LogP contribution >= 0.6 is 0 Å². The third-order valence-corrected chi connectivity index (χ3v) is 5.26. The van der Waals surface area contributed by atoms with Crippen molar-refractivity contribution in [3.8, 4) is 0 Å². The van der Waals surface area contributed by atoms with Crippen LogP contribution in [0.15, 0.2) is 41.4 Å². The Morgan fingerprint density at radius 1 is 1.19 bits per heavy atom. The van der Waals surface area contributed by atoms with E-state index in [0.717, 1.165) is 12.0 Å². The Hall–Kier alpha value is -1.82. The van der Waals surface area contributed by atoms with Gasteiger partial charge in [0.25, 0.3) is 10.0 Å². The van der Waals surface area contributed by atoms with E-state index in [2.05, 4.69) is 30.6 Å². The largest absolute Gasteiger partial charge is 0.264 e. The highest BCUT2D eigenvalue weighted by atomic mass is 32.2. The molecule has 1 heterocycles. The van der Waals surface area contributed by atoms with E-state index in [9.17, 15) is 8.42 Å². The summed E-state index contributed by atoms with van der Waals surface area (Å²) in [5.41, 5.74) is 1.17. The molecule has 114 valence electrons. The molecule has 1 aromatic heterocycles. The lowest BCUT2D eigenvalue weighted by Gasteiger charge is -2.23. The maximum absolute atomic E-state index is 12.3. The smallest absolute Gasteiger partial charge is 0.263 e. The molecule has 2 aromatic rings. The van der Waals surface area contributed by atoms with E-state index in [0.29, 0.717) is 5.82 Å². The van der Waals surface area contributed by atoms with E-state index in [1.54, 1.807) is 31.4 Å². The first-order valence-corrected chi connectivity index (χ1v) is 8.36. The summed E-state index contributed by atoms with van der Waals surface area (Å²) < 4.78 is 28.7. The van der Waals surface area contributed by atoms with E-state index in [-0.39, 0.29) is 10.3 Å². The molecular weight excluding hydrogens is 286 g/mol. The third kappa shape index (κ3) is 3.26. The van der Waals surface area contributed by atoms with Crippen molar-refractivity contribution in [2.45, 2.75) is 37.5 Å². The van der Waals surface area contributed by atoms with Gasteiger partial charge in [-0.05, 0) is 29.5 Å². The molecule has 21 heavy (non-hydrogen) atoms. The monoisotopic (exact) mass is 307 g/mol. The van der Waals surface area contributed by atoms with Crippen LogP contribution in [0.25, 0.3) is 0 Å². The number of benzene rings is 1. The molecule has 2 rings (SSSR count). The van der Waals surface area contributed by atoms with Crippen LogP contribution in [0, 0.1) is 0 Å². The molecule has 6 heteroatoms. The number of aromatic nitrogens is 2. The Morgan fingerprint density at radius 2 is 1.81 bits per heavy atom. The van der Waals surface area contributed by atoms with E-state index < -0.39 is 10.0 Å². The lowest BCUT2D eigenvalue weighted by atomic mass is 9.82. The molecule has 5 nitrogen and oxygen atoms in total. The van der Waals surface area contributed by atoms with Crippen molar-refractivity contribution in [3.63, 3.8) is 0 Å². The predicted octanol–water partition coefficient (Wildman–Crippen LogP) is 2.91. The van der Waals surface area contributed by atoms with Gasteiger partial charge in [0.05, 0.1) is 11.1 Å². The molecule has 0 aliphatic carbocycles. The maximum atomic E-state index is 12.3. The molecule has 1 N–H and O–H groups in total. The van der Waals surface area contributed by atoms with Crippen LogP contribution in [0.4, 0.5) is 5.82 Å². The van der Waals surface area contributed by atoms with Crippen LogP contribution in [0.3, 0.4) is 0 Å². The predicted molar refractivity (Wildman–Crippen MR) is 83.8 cm³/mol. The number of nitrogens with one attached hydrogen (secondary N) is 1. The van der Waals surface area contributed by atoms with Gasteiger partial charge in [-0.15, -0.1) is 0 Å². The fourth-order valence-corrected chi connectivity index (χ4v) is 3.05. The highest BCUT2D eigenvalue weighted by Crippen LogP contribution is 2.27. The Bertz CT molecular complexity index is 716. The number of hydrogen-bond acceptors (Lipinski definition) is 3. The average Bonchev–Trinajstić information content (AvgIpc) is 2.84. The number of hydrogen-bond donors (Lipinski definition) is 1. The minimum atomic E-state index is -3.59. The normalized spacial score (nSPS) is 12.4. The molecule has 0 amide bonds. The average molecular weight is 307 g/mol. The van der Waals surface area contributed by atoms with Crippen LogP contribution in [0.2, 0.25) is 0 Å². The van der Waals surface area contributed by atoms with Gasteiger partial charge < -0.3 is 0 Å². The van der Waals surface area contributed by atoms with Crippen molar-refractivity contribution in [1.29, 1.82) is 0 Å². The zero-order valence-electron chi connectivity index (χ0n) is 12.8. The first kappa shape index (κ1) is 15.6. The quantitative estimate of drug-likeness (QED) is 0.923. The van der Waals surface area contributed by atoms with Crippen molar-refractivity contribution in [1.82, 2.24) is 9.78 Å². The number of rotatable bonds is 5. The summed E-state index contributed by atoms with van der Waals surface area (Å²) >= 11 is 0. The summed E-state index contributed by atoms with van der Waals surface area (Å²) in [6.07, 6.45) is 2.54. The zero-order chi connectivity index (χ0) is 15.7. The fourth-order valence-electron chi connectivity index (χ4n) is 1.96. The molecule has 0 spiro atoms. The molecule has 0 bridgehead atoms. The van der Waals surface area contributed by atoms with E-state index in [4.69, 9.17) is 0 Å². The Morgan fingerprint density at radius 3 is 2.29 bits per heavy atom. The minimum absolute atomic E-state index is 0.0394. The molecule has 0 saturated heterocycles. The van der Waals surface area contributed by atoms with Crippen LogP contribution in [0.5, 0.6) is 0 Å². The lowest BCUT2D eigenvalue weighted by Crippen LogP contribution is -2.17. The van der Waals surface area contributed by atoms with E-state index in [1.807, 2.05) is 12.1 Å². The van der Waals surface area contributed by atoms with Crippen molar-refractivity contribution in [2.24, 2.45) is 7.05 Å². The molecule has 0 aliphatic rings. The van der Waals surface area contributed by atoms with Crippen LogP contribution in [-0.2, 0) is 22.5 Å². The highest BCUT2D eigenvalue weighted by Gasteiger charge is 2.20. The van der Waals surface area contributed by atoms with Gasteiger partial charge in [0.1, 0.15) is 5.82 Å². The summed E-state index contributed by atoms with van der Waals surface area (Å²) in [4.78, 5) is 0.249. The number of nitrogens with zero attached hydrogens (tertiary/aromatic N) is 2. The van der Waals surface area contributed by atoms with Crippen LogP contribution in [-0.4, -0.2) is 18.2 Å². The molecular formula is C15H21N3O2S. The standard InChI is InChI=1S/C15H21N3O2S/c1-5-15(2,3)12-6-8-13(9-7-12)21(19,20)17-14-10-11-16-18(14)4/h6-11,17H,5H2,1-4H3. The van der Waals surface area contributed by atoms with E-state index >= 15 is 0 Å². The molecule has 0 radical (unpaired) electrons. The van der Waals surface area contributed by atoms with E-state index in [1.165, 1.54) is 4.68 Å². The Kier molecular flexibility index (Phi) is 4.09. The molecule has 0 aliphatic heterocycles. The Balaban J connectivity index is 2.28. The van der Waals surface area contributed by atoms with Gasteiger partial charge in [0.15, 0.2) is 0 Å². The number of sulfonamides is 1. The second kappa shape index (κ2) is 5.52. The second-order valence-electron chi connectivity index (χ2n) is 5.71. The number of aryl methyl sites for hydroxylation is 1. The van der Waals surface area contributed by atoms with Crippen molar-refractivity contribution >= 4 is 15.8 Å². The van der Waals surface area contributed by atoms with Gasteiger partial charge in [0.2, 0.25) is 0 Å². The van der Waals surface area contributed by atoms with Gasteiger partial charge in [-0.2, -0.15) is 5.10 Å². The third-order valence-electron chi connectivity index (χ3n) is 3.89. The maximum Gasteiger partial charge on any atom is 0.263 e. The topological polar surface area (TPSA) is 64.0 Å². The van der Waals surface area contributed by atoms with Crippen molar-refractivity contribution in [3.05, 3.63) is 42.1 Å². The Labute approximate surface area is 126 Å². The highest BCUT2D eigenvalue weighted by molar-refractivity contribution is 7.92. The first-order valence-electron chi connectivity index (χ1n) is 6.87. The van der Waals surface area contributed by atoms with Gasteiger partial charge in [-0.25, -0.2) is 8.42 Å². The summed E-state index contributed by atoms with van der Waals surface area (Å²) in [6.45, 7) is 6.41. The van der Waals surface area contributed by atoms with Gasteiger partial charge in [-0.1, -0.05) is 32.9 Å². The molecule has 0 saturated carbocycles. The minimum Gasteiger partial charge on any atom is -0.264 e. The molecule has 1 aromatic carbocycles. The summed E-state index contributed by atoms with van der Waals surface area (Å²) in [6, 6.07) is 8.66. The summed E-state index contributed by atoms with van der Waals surface area (Å²) in [7, 11) is -1.90. The number of anilines is 1. The van der Waals surface area contributed by atoms with Gasteiger partial charge in [-0.3, -0.25) is 9.40 Å². The van der Waals surface area contributed by atoms with Gasteiger partial charge in [0, 0.05) is 13.1 Å². The van der Waals surface area contributed by atoms with Crippen molar-refractivity contribution < 1.29 is 8.42 Å². The zero-order valence-corrected chi connectivity index (χ0v) is 13.6. The SMILES string of the molecule is CCC(C)(C)c1ccc(S(=O)(=O)Nc2ccnn2C)cc1. The summed E-state index contributed by atoms with van der Waals surface area (Å²) in [5, 5.41) is 3.94. The van der Waals surface area contributed by atoms with Crippen molar-refractivity contribution in [2.75, 3.05) is 4.72 Å². The molecule has 0 atom stereocenters. The van der Waals surface area contributed by atoms with Crippen LogP contribution in [0.1, 0.15) is 32.8 Å². The second-order valence-corrected chi connectivity index (χ2v) is 7.39. The fraction of sp³-hybridized carbons (Fsp3) is 0.400. The first-order chi connectivity index (χ1) is 9.76. The molecule has 0 fully saturated rings. The van der Waals surface area contributed by atoms with Gasteiger partial charge >= 0.3 is 0 Å². The van der Waals surface area contributed by atoms with Crippen LogP contribution < -0.4 is 4.72 Å². The summed E-state index contributed by atoms with van der Waals surface area (Å²) in [5.74, 6) is 0.438. The lowest BCUT2D eigenvalue weighted by molar-refractivity contribution is 0.506.